The van der Waals surface area contributed by atoms with Gasteiger partial charge in [0.25, 0.3) is 0 Å². The first-order chi connectivity index (χ1) is 10.4. The zero-order valence-electron chi connectivity index (χ0n) is 11.2. The molecule has 0 aromatic heterocycles. The van der Waals surface area contributed by atoms with Gasteiger partial charge in [-0.15, -0.1) is 13.2 Å². The highest BCUT2D eigenvalue weighted by Crippen LogP contribution is 2.23. The molecule has 2 rings (SSSR count). The van der Waals surface area contributed by atoms with Crippen molar-refractivity contribution in [2.45, 2.75) is 13.0 Å². The van der Waals surface area contributed by atoms with Crippen LogP contribution in [0.5, 0.6) is 5.75 Å². The van der Waals surface area contributed by atoms with Crippen molar-refractivity contribution in [3.63, 3.8) is 0 Å². The monoisotopic (exact) mass is 329 g/mol. The molecule has 0 radical (unpaired) electrons. The van der Waals surface area contributed by atoms with E-state index in [1.54, 1.807) is 30.3 Å². The summed E-state index contributed by atoms with van der Waals surface area (Å²) in [5, 5.41) is 4.25. The molecule has 22 heavy (non-hydrogen) atoms. The predicted molar refractivity (Wildman–Crippen MR) is 77.0 cm³/mol. The lowest BCUT2D eigenvalue weighted by atomic mass is 10.2. The largest absolute Gasteiger partial charge is 0.573 e. The van der Waals surface area contributed by atoms with Crippen molar-refractivity contribution in [2.24, 2.45) is 5.16 Å². The van der Waals surface area contributed by atoms with Crippen LogP contribution in [0.15, 0.2) is 53.7 Å². The Morgan fingerprint density at radius 2 is 1.86 bits per heavy atom. The van der Waals surface area contributed by atoms with Crippen molar-refractivity contribution in [3.8, 4) is 5.75 Å². The molecular formula is C15H11ClF3NO2. The summed E-state index contributed by atoms with van der Waals surface area (Å²) < 4.78 is 40.2. The quantitative estimate of drug-likeness (QED) is 0.583. The van der Waals surface area contributed by atoms with E-state index < -0.39 is 6.36 Å². The second kappa shape index (κ2) is 7.17. The average Bonchev–Trinajstić information content (AvgIpc) is 2.44. The lowest BCUT2D eigenvalue weighted by molar-refractivity contribution is -0.274. The summed E-state index contributed by atoms with van der Waals surface area (Å²) >= 11 is 5.93. The summed E-state index contributed by atoms with van der Waals surface area (Å²) in [7, 11) is 0. The van der Waals surface area contributed by atoms with Crippen LogP contribution < -0.4 is 4.74 Å². The molecule has 0 heterocycles. The lowest BCUT2D eigenvalue weighted by Crippen LogP contribution is -2.17. The average molecular weight is 330 g/mol. The van der Waals surface area contributed by atoms with E-state index in [2.05, 4.69) is 9.89 Å². The molecule has 3 nitrogen and oxygen atoms in total. The fraction of sp³-hybridized carbons (Fsp3) is 0.133. The van der Waals surface area contributed by atoms with E-state index in [4.69, 9.17) is 16.4 Å². The van der Waals surface area contributed by atoms with Crippen LogP contribution in [-0.4, -0.2) is 12.6 Å². The number of benzene rings is 2. The maximum atomic E-state index is 12.1. The van der Waals surface area contributed by atoms with Crippen molar-refractivity contribution < 1.29 is 22.7 Å². The summed E-state index contributed by atoms with van der Waals surface area (Å²) in [5.74, 6) is -0.302. The van der Waals surface area contributed by atoms with Crippen LogP contribution >= 0.6 is 11.6 Å². The van der Waals surface area contributed by atoms with E-state index in [0.717, 1.165) is 0 Å². The Morgan fingerprint density at radius 3 is 2.59 bits per heavy atom. The third-order valence-corrected chi connectivity index (χ3v) is 2.88. The van der Waals surface area contributed by atoms with E-state index in [-0.39, 0.29) is 12.4 Å². The van der Waals surface area contributed by atoms with Gasteiger partial charge in [0.2, 0.25) is 0 Å². The van der Waals surface area contributed by atoms with Crippen LogP contribution in [0.4, 0.5) is 13.2 Å². The molecule has 0 unspecified atom stereocenters. The molecule has 0 atom stereocenters. The van der Waals surface area contributed by atoms with Gasteiger partial charge in [0.05, 0.1) is 6.21 Å². The van der Waals surface area contributed by atoms with E-state index in [1.165, 1.54) is 24.4 Å². The number of hydrogen-bond acceptors (Lipinski definition) is 3. The third-order valence-electron chi connectivity index (χ3n) is 2.53. The smallest absolute Gasteiger partial charge is 0.406 e. The van der Waals surface area contributed by atoms with Crippen molar-refractivity contribution in [1.82, 2.24) is 0 Å². The molecule has 116 valence electrons. The molecule has 0 aliphatic carbocycles. The molecule has 0 amide bonds. The molecule has 7 heteroatoms. The molecule has 0 aliphatic rings. The van der Waals surface area contributed by atoms with Crippen LogP contribution in [0.1, 0.15) is 11.1 Å². The zero-order valence-corrected chi connectivity index (χ0v) is 11.9. The molecule has 0 saturated carbocycles. The van der Waals surface area contributed by atoms with Crippen LogP contribution in [0.3, 0.4) is 0 Å². The number of rotatable bonds is 5. The fourth-order valence-corrected chi connectivity index (χ4v) is 1.80. The molecule has 2 aromatic carbocycles. The summed E-state index contributed by atoms with van der Waals surface area (Å²) in [6, 6.07) is 12.5. The Morgan fingerprint density at radius 1 is 1.09 bits per heavy atom. The van der Waals surface area contributed by atoms with Crippen LogP contribution in [0.25, 0.3) is 0 Å². The highest BCUT2D eigenvalue weighted by atomic mass is 35.5. The van der Waals surface area contributed by atoms with Gasteiger partial charge >= 0.3 is 6.36 Å². The second-order valence-electron chi connectivity index (χ2n) is 4.22. The first kappa shape index (κ1) is 16.2. The molecule has 0 N–H and O–H groups in total. The van der Waals surface area contributed by atoms with Gasteiger partial charge < -0.3 is 9.57 Å². The van der Waals surface area contributed by atoms with Crippen molar-refractivity contribution >= 4 is 17.8 Å². The Hall–Kier alpha value is -2.21. The van der Waals surface area contributed by atoms with Gasteiger partial charge in [-0.1, -0.05) is 47.1 Å². The summed E-state index contributed by atoms with van der Waals surface area (Å²) in [6.07, 6.45) is -3.29. The fourth-order valence-electron chi connectivity index (χ4n) is 1.62. The van der Waals surface area contributed by atoms with Crippen molar-refractivity contribution in [3.05, 3.63) is 64.7 Å². The van der Waals surface area contributed by atoms with E-state index in [9.17, 15) is 13.2 Å². The zero-order chi connectivity index (χ0) is 16.0. The first-order valence-electron chi connectivity index (χ1n) is 6.18. The third kappa shape index (κ3) is 5.29. The minimum atomic E-state index is -4.72. The second-order valence-corrected chi connectivity index (χ2v) is 4.63. The van der Waals surface area contributed by atoms with E-state index in [1.807, 2.05) is 0 Å². The van der Waals surface area contributed by atoms with Gasteiger partial charge in [-0.25, -0.2) is 0 Å². The number of hydrogen-bond donors (Lipinski definition) is 0. The standard InChI is InChI=1S/C15H11ClF3NO2/c16-14-7-2-1-5-12(14)9-20-21-10-11-4-3-6-13(8-11)22-15(17,18)19/h1-9H,10H2. The molecule has 2 aromatic rings. The van der Waals surface area contributed by atoms with Gasteiger partial charge in [-0.2, -0.15) is 0 Å². The van der Waals surface area contributed by atoms with Crippen LogP contribution in [0.2, 0.25) is 5.02 Å². The Labute approximate surface area is 129 Å². The molecular weight excluding hydrogens is 319 g/mol. The Kier molecular flexibility index (Phi) is 5.27. The van der Waals surface area contributed by atoms with Gasteiger partial charge in [-0.05, 0) is 23.8 Å². The number of oxime groups is 1. The molecule has 0 saturated heterocycles. The predicted octanol–water partition coefficient (Wildman–Crippen LogP) is 4.79. The molecule has 0 bridgehead atoms. The normalized spacial score (nSPS) is 11.6. The van der Waals surface area contributed by atoms with E-state index >= 15 is 0 Å². The number of ether oxygens (including phenoxy) is 1. The van der Waals surface area contributed by atoms with Crippen molar-refractivity contribution in [2.75, 3.05) is 0 Å². The van der Waals surface area contributed by atoms with Gasteiger partial charge in [0.1, 0.15) is 12.4 Å². The SMILES string of the molecule is FC(F)(F)Oc1cccc(CON=Cc2ccccc2Cl)c1. The summed E-state index contributed by atoms with van der Waals surface area (Å²) in [5.41, 5.74) is 1.18. The number of halogens is 4. The number of alkyl halides is 3. The van der Waals surface area contributed by atoms with Crippen LogP contribution in [-0.2, 0) is 11.4 Å². The van der Waals surface area contributed by atoms with Gasteiger partial charge in [0.15, 0.2) is 0 Å². The minimum absolute atomic E-state index is 0.00993. The maximum absolute atomic E-state index is 12.1. The van der Waals surface area contributed by atoms with Crippen LogP contribution in [0, 0.1) is 0 Å². The molecule has 0 spiro atoms. The lowest BCUT2D eigenvalue weighted by Gasteiger charge is -2.09. The first-order valence-corrected chi connectivity index (χ1v) is 6.56. The van der Waals surface area contributed by atoms with Gasteiger partial charge in [0, 0.05) is 10.6 Å². The molecule has 0 aliphatic heterocycles. The highest BCUT2D eigenvalue weighted by Gasteiger charge is 2.31. The minimum Gasteiger partial charge on any atom is -0.406 e. The van der Waals surface area contributed by atoms with Crippen molar-refractivity contribution in [1.29, 1.82) is 0 Å². The molecule has 0 fully saturated rings. The Balaban J connectivity index is 1.92. The van der Waals surface area contributed by atoms with E-state index in [0.29, 0.717) is 16.1 Å². The summed E-state index contributed by atoms with van der Waals surface area (Å²) in [4.78, 5) is 5.04. The topological polar surface area (TPSA) is 30.8 Å². The van der Waals surface area contributed by atoms with Gasteiger partial charge in [-0.3, -0.25) is 0 Å². The highest BCUT2D eigenvalue weighted by molar-refractivity contribution is 6.33. The maximum Gasteiger partial charge on any atom is 0.573 e. The summed E-state index contributed by atoms with van der Waals surface area (Å²) in [6.45, 7) is 0.00993. The Bertz CT molecular complexity index is 659. The number of nitrogens with zero attached hydrogens (tertiary/aromatic N) is 1.